The molecule has 1 saturated carbocycles. The monoisotopic (exact) mass is 322 g/mol. The minimum Gasteiger partial charge on any atom is -0.342 e. The molecule has 0 saturated heterocycles. The third-order valence-corrected chi connectivity index (χ3v) is 5.13. The normalized spacial score (nSPS) is 15.9. The first-order valence-corrected chi connectivity index (χ1v) is 9.24. The molecule has 0 aliphatic heterocycles. The number of hydrogen-bond donors (Lipinski definition) is 1. The molecule has 1 amide bonds. The maximum Gasteiger partial charge on any atom is 0.249 e. The Bertz CT molecular complexity index is 592. The molecule has 2 heterocycles. The number of carbonyl (C=O) groups is 1. The van der Waals surface area contributed by atoms with Crippen molar-refractivity contribution in [3.05, 3.63) is 29.5 Å². The van der Waals surface area contributed by atoms with E-state index in [0.717, 1.165) is 17.2 Å². The Kier molecular flexibility index (Phi) is 4.60. The van der Waals surface area contributed by atoms with E-state index in [0.29, 0.717) is 11.0 Å². The lowest BCUT2D eigenvalue weighted by molar-refractivity contribution is -0.119. The summed E-state index contributed by atoms with van der Waals surface area (Å²) in [6.45, 7) is 0. The van der Waals surface area contributed by atoms with Gasteiger partial charge in [0.05, 0.1) is 0 Å². The lowest BCUT2D eigenvalue weighted by Gasteiger charge is -2.17. The van der Waals surface area contributed by atoms with Gasteiger partial charge >= 0.3 is 0 Å². The molecule has 0 spiro atoms. The van der Waals surface area contributed by atoms with E-state index < -0.39 is 0 Å². The first kappa shape index (κ1) is 14.6. The Labute approximate surface area is 132 Å². The molecule has 5 nitrogen and oxygen atoms in total. The molecule has 112 valence electrons. The van der Waals surface area contributed by atoms with Gasteiger partial charge in [-0.25, -0.2) is 0 Å². The number of nitrogens with zero attached hydrogens (tertiary/aromatic N) is 3. The highest BCUT2D eigenvalue weighted by molar-refractivity contribution is 7.98. The van der Waals surface area contributed by atoms with E-state index in [-0.39, 0.29) is 11.9 Å². The smallest absolute Gasteiger partial charge is 0.249 e. The predicted molar refractivity (Wildman–Crippen MR) is 87.0 cm³/mol. The van der Waals surface area contributed by atoms with Crippen LogP contribution in [-0.4, -0.2) is 32.7 Å². The third kappa shape index (κ3) is 3.65. The lowest BCUT2D eigenvalue weighted by Crippen LogP contribution is -2.25. The van der Waals surface area contributed by atoms with Crippen LogP contribution in [0.3, 0.4) is 0 Å². The van der Waals surface area contributed by atoms with Crippen LogP contribution >= 0.6 is 23.1 Å². The van der Waals surface area contributed by atoms with Crippen LogP contribution in [0.25, 0.3) is 0 Å². The maximum absolute atomic E-state index is 12.5. The Morgan fingerprint density at radius 1 is 1.48 bits per heavy atom. The number of thioether (sulfide) groups is 1. The van der Waals surface area contributed by atoms with E-state index in [1.807, 2.05) is 29.1 Å². The summed E-state index contributed by atoms with van der Waals surface area (Å²) in [4.78, 5) is 12.5. The van der Waals surface area contributed by atoms with Crippen molar-refractivity contribution in [1.29, 1.82) is 0 Å². The van der Waals surface area contributed by atoms with Gasteiger partial charge in [-0.05, 0) is 43.4 Å². The standard InChI is InChI=1S/C14H18N4OS2/c1-20-9-6-11(18-7-2-3-8-18)12(19)15-14-17-16-13(21-14)10-4-5-10/h2-3,7-8,10-11H,4-6,9H2,1H3,(H,15,17,19)/t11-/m1/s1. The molecule has 2 aromatic rings. The van der Waals surface area contributed by atoms with Crippen LogP contribution in [0.4, 0.5) is 5.13 Å². The maximum atomic E-state index is 12.5. The summed E-state index contributed by atoms with van der Waals surface area (Å²) in [6.07, 6.45) is 9.11. The van der Waals surface area contributed by atoms with Gasteiger partial charge in [0.15, 0.2) is 0 Å². The highest BCUT2D eigenvalue weighted by Crippen LogP contribution is 2.42. The Hall–Kier alpha value is -1.34. The van der Waals surface area contributed by atoms with Gasteiger partial charge < -0.3 is 4.57 Å². The minimum atomic E-state index is -0.194. The van der Waals surface area contributed by atoms with Crippen LogP contribution in [0.5, 0.6) is 0 Å². The van der Waals surface area contributed by atoms with E-state index in [9.17, 15) is 4.79 Å². The fourth-order valence-electron chi connectivity index (χ4n) is 2.17. The van der Waals surface area contributed by atoms with Crippen LogP contribution < -0.4 is 5.32 Å². The van der Waals surface area contributed by atoms with E-state index in [1.165, 1.54) is 24.2 Å². The van der Waals surface area contributed by atoms with Crippen LogP contribution in [0.2, 0.25) is 0 Å². The number of aromatic nitrogens is 3. The second-order valence-electron chi connectivity index (χ2n) is 5.14. The predicted octanol–water partition coefficient (Wildman–Crippen LogP) is 3.15. The van der Waals surface area contributed by atoms with Crippen molar-refractivity contribution in [3.63, 3.8) is 0 Å². The van der Waals surface area contributed by atoms with Crippen LogP contribution in [-0.2, 0) is 4.79 Å². The zero-order valence-corrected chi connectivity index (χ0v) is 13.5. The fraction of sp³-hybridized carbons (Fsp3) is 0.500. The molecule has 7 heteroatoms. The highest BCUT2D eigenvalue weighted by Gasteiger charge is 2.28. The summed E-state index contributed by atoms with van der Waals surface area (Å²) in [5.41, 5.74) is 0. The molecule has 1 fully saturated rings. The molecule has 1 N–H and O–H groups in total. The zero-order valence-electron chi connectivity index (χ0n) is 11.9. The summed E-state index contributed by atoms with van der Waals surface area (Å²) < 4.78 is 1.95. The van der Waals surface area contributed by atoms with E-state index in [4.69, 9.17) is 0 Å². The summed E-state index contributed by atoms with van der Waals surface area (Å²) in [5.74, 6) is 1.50. The van der Waals surface area contributed by atoms with Crippen LogP contribution in [0.1, 0.15) is 36.2 Å². The zero-order chi connectivity index (χ0) is 14.7. The number of rotatable bonds is 7. The van der Waals surface area contributed by atoms with Gasteiger partial charge in [-0.1, -0.05) is 11.3 Å². The van der Waals surface area contributed by atoms with Gasteiger partial charge in [0.1, 0.15) is 11.0 Å². The average Bonchev–Trinajstić information content (AvgIpc) is 3.00. The van der Waals surface area contributed by atoms with Gasteiger partial charge in [0.25, 0.3) is 0 Å². The quantitative estimate of drug-likeness (QED) is 0.850. The molecule has 0 bridgehead atoms. The molecule has 0 radical (unpaired) electrons. The van der Waals surface area contributed by atoms with Gasteiger partial charge in [-0.15, -0.1) is 10.2 Å². The van der Waals surface area contributed by atoms with Crippen molar-refractivity contribution in [2.75, 3.05) is 17.3 Å². The molecule has 0 unspecified atom stereocenters. The van der Waals surface area contributed by atoms with Crippen molar-refractivity contribution in [1.82, 2.24) is 14.8 Å². The number of carbonyl (C=O) groups excluding carboxylic acids is 1. The molecule has 21 heavy (non-hydrogen) atoms. The molecule has 2 aromatic heterocycles. The second kappa shape index (κ2) is 6.62. The second-order valence-corrected chi connectivity index (χ2v) is 7.13. The summed E-state index contributed by atoms with van der Waals surface area (Å²) in [7, 11) is 0. The highest BCUT2D eigenvalue weighted by atomic mass is 32.2. The Morgan fingerprint density at radius 2 is 2.24 bits per heavy atom. The van der Waals surface area contributed by atoms with Gasteiger partial charge in [0, 0.05) is 18.3 Å². The first-order valence-electron chi connectivity index (χ1n) is 7.03. The Morgan fingerprint density at radius 3 is 2.90 bits per heavy atom. The number of nitrogens with one attached hydrogen (secondary N) is 1. The molecular formula is C14H18N4OS2. The first-order chi connectivity index (χ1) is 10.3. The van der Waals surface area contributed by atoms with Crippen molar-refractivity contribution >= 4 is 34.1 Å². The Balaban J connectivity index is 1.67. The number of anilines is 1. The molecule has 1 aliphatic carbocycles. The van der Waals surface area contributed by atoms with Gasteiger partial charge in [-0.2, -0.15) is 11.8 Å². The third-order valence-electron chi connectivity index (χ3n) is 3.48. The van der Waals surface area contributed by atoms with Gasteiger partial charge in [0.2, 0.25) is 11.0 Å². The molecule has 3 rings (SSSR count). The van der Waals surface area contributed by atoms with E-state index in [1.54, 1.807) is 11.8 Å². The van der Waals surface area contributed by atoms with Gasteiger partial charge in [-0.3, -0.25) is 10.1 Å². The minimum absolute atomic E-state index is 0.0150. The number of hydrogen-bond acceptors (Lipinski definition) is 5. The number of amides is 1. The van der Waals surface area contributed by atoms with Crippen LogP contribution in [0, 0.1) is 0 Å². The van der Waals surface area contributed by atoms with Crippen molar-refractivity contribution in [2.24, 2.45) is 0 Å². The summed E-state index contributed by atoms with van der Waals surface area (Å²) in [6, 6.07) is 3.69. The van der Waals surface area contributed by atoms with Crippen molar-refractivity contribution in [3.8, 4) is 0 Å². The van der Waals surface area contributed by atoms with Crippen molar-refractivity contribution < 1.29 is 4.79 Å². The average molecular weight is 322 g/mol. The summed E-state index contributed by atoms with van der Waals surface area (Å²) >= 11 is 3.25. The topological polar surface area (TPSA) is 59.8 Å². The SMILES string of the molecule is CSCC[C@H](C(=O)Nc1nnc(C2CC2)s1)n1cccc1. The largest absolute Gasteiger partial charge is 0.342 e. The van der Waals surface area contributed by atoms with E-state index >= 15 is 0 Å². The van der Waals surface area contributed by atoms with Crippen molar-refractivity contribution in [2.45, 2.75) is 31.2 Å². The summed E-state index contributed by atoms with van der Waals surface area (Å²) in [5, 5.41) is 12.8. The molecule has 0 aromatic carbocycles. The van der Waals surface area contributed by atoms with Crippen LogP contribution in [0.15, 0.2) is 24.5 Å². The molecule has 1 atom stereocenters. The molecular weight excluding hydrogens is 304 g/mol. The molecule has 1 aliphatic rings. The fourth-order valence-corrected chi connectivity index (χ4v) is 3.54. The lowest BCUT2D eigenvalue weighted by atomic mass is 10.2. The van der Waals surface area contributed by atoms with E-state index in [2.05, 4.69) is 21.8 Å².